The number of para-hydroxylation sites is 1. The van der Waals surface area contributed by atoms with Crippen molar-refractivity contribution in [3.8, 4) is 5.75 Å². The molecule has 0 bridgehead atoms. The number of hydrogen-bond acceptors (Lipinski definition) is 7. The highest BCUT2D eigenvalue weighted by atomic mass is 32.2. The SMILES string of the molecule is O=C(Nc1ccc(S(=O)(=O)Nc2nccs2)cc1)c1ccc(COc2ccccc2)o1. The molecule has 0 saturated heterocycles. The lowest BCUT2D eigenvalue weighted by atomic mass is 10.3. The molecule has 158 valence electrons. The second-order valence-corrected chi connectivity index (χ2v) is 8.87. The molecule has 2 N–H and O–H groups in total. The molecule has 31 heavy (non-hydrogen) atoms. The van der Waals surface area contributed by atoms with Crippen LogP contribution in [0.15, 0.2) is 87.6 Å². The Morgan fingerprint density at radius 3 is 2.52 bits per heavy atom. The molecule has 0 aliphatic rings. The van der Waals surface area contributed by atoms with Crippen molar-refractivity contribution >= 4 is 38.1 Å². The molecule has 0 spiro atoms. The molecular weight excluding hydrogens is 438 g/mol. The minimum absolute atomic E-state index is 0.0547. The monoisotopic (exact) mass is 455 g/mol. The maximum atomic E-state index is 12.4. The van der Waals surface area contributed by atoms with Gasteiger partial charge >= 0.3 is 0 Å². The number of sulfonamides is 1. The molecule has 4 rings (SSSR count). The lowest BCUT2D eigenvalue weighted by Crippen LogP contribution is -2.13. The van der Waals surface area contributed by atoms with Gasteiger partial charge in [0.15, 0.2) is 10.9 Å². The molecule has 0 aliphatic heterocycles. The van der Waals surface area contributed by atoms with Gasteiger partial charge in [-0.3, -0.25) is 9.52 Å². The fourth-order valence-corrected chi connectivity index (χ4v) is 4.40. The number of furan rings is 1. The number of anilines is 2. The fraction of sp³-hybridized carbons (Fsp3) is 0.0476. The van der Waals surface area contributed by atoms with Crippen LogP contribution in [0.25, 0.3) is 0 Å². The van der Waals surface area contributed by atoms with Crippen molar-refractivity contribution in [2.45, 2.75) is 11.5 Å². The standard InChI is InChI=1S/C21H17N3O5S2/c25-20(19-11-8-17(29-19)14-28-16-4-2-1-3-5-16)23-15-6-9-18(10-7-15)31(26,27)24-21-22-12-13-30-21/h1-13H,14H2,(H,22,24)(H,23,25). The van der Waals surface area contributed by atoms with Gasteiger partial charge in [-0.2, -0.15) is 0 Å². The molecule has 2 heterocycles. The number of thiazole rings is 1. The zero-order valence-corrected chi connectivity index (χ0v) is 17.7. The number of nitrogens with zero attached hydrogens (tertiary/aromatic N) is 1. The Morgan fingerprint density at radius 2 is 1.81 bits per heavy atom. The number of hydrogen-bond donors (Lipinski definition) is 2. The van der Waals surface area contributed by atoms with Gasteiger partial charge in [0, 0.05) is 17.3 Å². The van der Waals surface area contributed by atoms with Crippen LogP contribution >= 0.6 is 11.3 Å². The number of benzene rings is 2. The first-order valence-corrected chi connectivity index (χ1v) is 11.5. The Hall–Kier alpha value is -3.63. The zero-order valence-electron chi connectivity index (χ0n) is 16.0. The first-order chi connectivity index (χ1) is 15.0. The van der Waals surface area contributed by atoms with Gasteiger partial charge in [0.1, 0.15) is 18.1 Å². The molecule has 8 nitrogen and oxygen atoms in total. The summed E-state index contributed by atoms with van der Waals surface area (Å²) >= 11 is 1.18. The van der Waals surface area contributed by atoms with Gasteiger partial charge in [0.2, 0.25) is 0 Å². The summed E-state index contributed by atoms with van der Waals surface area (Å²) in [5, 5.41) is 4.62. The molecule has 0 atom stereocenters. The van der Waals surface area contributed by atoms with E-state index in [2.05, 4.69) is 15.0 Å². The number of ether oxygens (including phenoxy) is 1. The normalized spacial score (nSPS) is 11.1. The van der Waals surface area contributed by atoms with Gasteiger partial charge in [-0.05, 0) is 48.5 Å². The van der Waals surface area contributed by atoms with Gasteiger partial charge in [0.05, 0.1) is 4.90 Å². The van der Waals surface area contributed by atoms with E-state index in [1.54, 1.807) is 17.5 Å². The largest absolute Gasteiger partial charge is 0.486 e. The molecule has 0 aliphatic carbocycles. The zero-order chi connectivity index (χ0) is 21.7. The summed E-state index contributed by atoms with van der Waals surface area (Å²) < 4.78 is 38.2. The lowest BCUT2D eigenvalue weighted by Gasteiger charge is -2.07. The van der Waals surface area contributed by atoms with Crippen LogP contribution in [0.2, 0.25) is 0 Å². The van der Waals surface area contributed by atoms with E-state index in [1.165, 1.54) is 41.8 Å². The third kappa shape index (κ3) is 5.30. The number of nitrogens with one attached hydrogen (secondary N) is 2. The molecule has 1 amide bonds. The van der Waals surface area contributed by atoms with Crippen molar-refractivity contribution in [3.63, 3.8) is 0 Å². The molecule has 2 aromatic heterocycles. The first-order valence-electron chi connectivity index (χ1n) is 9.10. The maximum absolute atomic E-state index is 12.4. The van der Waals surface area contributed by atoms with Crippen LogP contribution in [-0.2, 0) is 16.6 Å². The van der Waals surface area contributed by atoms with E-state index < -0.39 is 15.9 Å². The van der Waals surface area contributed by atoms with Gasteiger partial charge in [-0.25, -0.2) is 13.4 Å². The van der Waals surface area contributed by atoms with Crippen molar-refractivity contribution in [1.82, 2.24) is 4.98 Å². The maximum Gasteiger partial charge on any atom is 0.291 e. The molecule has 0 fully saturated rings. The van der Waals surface area contributed by atoms with Crippen LogP contribution in [0.4, 0.5) is 10.8 Å². The summed E-state index contributed by atoms with van der Waals surface area (Å²) in [6.45, 7) is 0.190. The smallest absolute Gasteiger partial charge is 0.291 e. The Balaban J connectivity index is 1.36. The molecule has 4 aromatic rings. The summed E-state index contributed by atoms with van der Waals surface area (Å²) in [6, 6.07) is 18.3. The fourth-order valence-electron chi connectivity index (χ4n) is 2.61. The van der Waals surface area contributed by atoms with Crippen molar-refractivity contribution in [3.05, 3.63) is 89.8 Å². The number of amides is 1. The summed E-state index contributed by atoms with van der Waals surface area (Å²) in [7, 11) is -3.75. The topological polar surface area (TPSA) is 111 Å². The van der Waals surface area contributed by atoms with E-state index >= 15 is 0 Å². The minimum Gasteiger partial charge on any atom is -0.486 e. The second-order valence-electron chi connectivity index (χ2n) is 6.29. The number of aromatic nitrogens is 1. The Labute approximate surface area is 182 Å². The minimum atomic E-state index is -3.75. The van der Waals surface area contributed by atoms with Gasteiger partial charge in [-0.15, -0.1) is 11.3 Å². The third-order valence-electron chi connectivity index (χ3n) is 4.09. The van der Waals surface area contributed by atoms with Crippen LogP contribution in [-0.4, -0.2) is 19.3 Å². The van der Waals surface area contributed by atoms with Gasteiger partial charge < -0.3 is 14.5 Å². The lowest BCUT2D eigenvalue weighted by molar-refractivity contribution is 0.0992. The highest BCUT2D eigenvalue weighted by Gasteiger charge is 2.16. The molecule has 0 radical (unpaired) electrons. The summed E-state index contributed by atoms with van der Waals surface area (Å²) in [4.78, 5) is 16.4. The van der Waals surface area contributed by atoms with Crippen molar-refractivity contribution in [2.24, 2.45) is 0 Å². The van der Waals surface area contributed by atoms with E-state index in [0.29, 0.717) is 17.2 Å². The summed E-state index contributed by atoms with van der Waals surface area (Å²) in [5.41, 5.74) is 0.427. The van der Waals surface area contributed by atoms with E-state index in [4.69, 9.17) is 9.15 Å². The summed E-state index contributed by atoms with van der Waals surface area (Å²) in [5.74, 6) is 0.865. The van der Waals surface area contributed by atoms with E-state index in [0.717, 1.165) is 0 Å². The van der Waals surface area contributed by atoms with Crippen LogP contribution in [0.5, 0.6) is 5.75 Å². The average Bonchev–Trinajstić information content (AvgIpc) is 3.45. The van der Waals surface area contributed by atoms with Crippen LogP contribution < -0.4 is 14.8 Å². The highest BCUT2D eigenvalue weighted by Crippen LogP contribution is 2.20. The van der Waals surface area contributed by atoms with Crippen molar-refractivity contribution in [1.29, 1.82) is 0 Å². The van der Waals surface area contributed by atoms with E-state index in [1.807, 2.05) is 30.3 Å². The van der Waals surface area contributed by atoms with Gasteiger partial charge in [-0.1, -0.05) is 18.2 Å². The Kier molecular flexibility index (Phi) is 6.01. The Bertz CT molecular complexity index is 1250. The van der Waals surface area contributed by atoms with Crippen LogP contribution in [0.3, 0.4) is 0 Å². The second kappa shape index (κ2) is 9.02. The molecule has 10 heteroatoms. The predicted octanol–water partition coefficient (Wildman–Crippen LogP) is 4.37. The van der Waals surface area contributed by atoms with Gasteiger partial charge in [0.25, 0.3) is 15.9 Å². The van der Waals surface area contributed by atoms with E-state index in [9.17, 15) is 13.2 Å². The van der Waals surface area contributed by atoms with E-state index in [-0.39, 0.29) is 22.4 Å². The predicted molar refractivity (Wildman–Crippen MR) is 117 cm³/mol. The molecule has 2 aromatic carbocycles. The quantitative estimate of drug-likeness (QED) is 0.408. The third-order valence-corrected chi connectivity index (χ3v) is 6.26. The molecule has 0 unspecified atom stereocenters. The molecule has 0 saturated carbocycles. The number of rotatable bonds is 8. The van der Waals surface area contributed by atoms with Crippen LogP contribution in [0.1, 0.15) is 16.3 Å². The van der Waals surface area contributed by atoms with Crippen molar-refractivity contribution in [2.75, 3.05) is 10.0 Å². The van der Waals surface area contributed by atoms with Crippen LogP contribution in [0, 0.1) is 0 Å². The Morgan fingerprint density at radius 1 is 1.03 bits per heavy atom. The highest BCUT2D eigenvalue weighted by molar-refractivity contribution is 7.93. The number of carbonyl (C=O) groups excluding carboxylic acids is 1. The number of carbonyl (C=O) groups is 1. The molecular formula is C21H17N3O5S2. The average molecular weight is 456 g/mol. The summed E-state index contributed by atoms with van der Waals surface area (Å²) in [6.07, 6.45) is 1.51. The van der Waals surface area contributed by atoms with Crippen molar-refractivity contribution < 1.29 is 22.4 Å². The first kappa shape index (κ1) is 20.6.